The molecule has 0 bridgehead atoms. The van der Waals surface area contributed by atoms with Crippen LogP contribution in [0.4, 0.5) is 17.6 Å². The SMILES string of the molecule is CCn1c(COCc2ccccc2)nn(-c2cc(O[C@@H](C)C(F)(F)F)c3c(Oc4c(F)cccc4Cl)nccc3c2)c1=O. The van der Waals surface area contributed by atoms with Gasteiger partial charge >= 0.3 is 11.9 Å². The molecule has 43 heavy (non-hydrogen) atoms. The van der Waals surface area contributed by atoms with Crippen LogP contribution in [-0.2, 0) is 24.5 Å². The Kier molecular flexibility index (Phi) is 8.69. The number of nitrogens with zero attached hydrogens (tertiary/aromatic N) is 4. The van der Waals surface area contributed by atoms with E-state index in [0.717, 1.165) is 23.2 Å². The first kappa shape index (κ1) is 30.1. The van der Waals surface area contributed by atoms with Crippen molar-refractivity contribution in [1.29, 1.82) is 0 Å². The van der Waals surface area contributed by atoms with Gasteiger partial charge in [0.05, 0.1) is 22.7 Å². The minimum absolute atomic E-state index is 0.0102. The largest absolute Gasteiger partial charge is 0.480 e. The number of rotatable bonds is 10. The molecular formula is C30H25ClF4N4O4. The van der Waals surface area contributed by atoms with Crippen molar-refractivity contribution >= 4 is 22.4 Å². The van der Waals surface area contributed by atoms with Gasteiger partial charge in [0.25, 0.3) is 0 Å². The number of aromatic nitrogens is 4. The maximum Gasteiger partial charge on any atom is 0.425 e. The van der Waals surface area contributed by atoms with E-state index in [1.165, 1.54) is 41.1 Å². The van der Waals surface area contributed by atoms with Gasteiger partial charge < -0.3 is 14.2 Å². The molecule has 5 rings (SSSR count). The van der Waals surface area contributed by atoms with Crippen molar-refractivity contribution in [1.82, 2.24) is 19.3 Å². The summed E-state index contributed by atoms with van der Waals surface area (Å²) in [4.78, 5) is 17.5. The molecule has 0 aliphatic heterocycles. The normalized spacial score (nSPS) is 12.4. The third-order valence-corrected chi connectivity index (χ3v) is 6.80. The number of hydrogen-bond acceptors (Lipinski definition) is 6. The van der Waals surface area contributed by atoms with Crippen LogP contribution in [0.2, 0.25) is 5.02 Å². The van der Waals surface area contributed by atoms with Crippen molar-refractivity contribution in [2.75, 3.05) is 0 Å². The molecule has 2 heterocycles. The van der Waals surface area contributed by atoms with Gasteiger partial charge in [0.15, 0.2) is 23.5 Å². The third-order valence-electron chi connectivity index (χ3n) is 6.50. The van der Waals surface area contributed by atoms with E-state index in [2.05, 4.69) is 10.1 Å². The number of hydrogen-bond donors (Lipinski definition) is 0. The zero-order valence-corrected chi connectivity index (χ0v) is 23.7. The maximum absolute atomic E-state index is 14.5. The molecule has 0 spiro atoms. The molecule has 0 N–H and O–H groups in total. The molecule has 0 fully saturated rings. The van der Waals surface area contributed by atoms with Crippen LogP contribution >= 0.6 is 11.6 Å². The highest BCUT2D eigenvalue weighted by molar-refractivity contribution is 6.32. The van der Waals surface area contributed by atoms with Gasteiger partial charge in [-0.3, -0.25) is 4.57 Å². The standard InChI is InChI=1S/C30H25ClF4N4O4/c1-3-38-25(17-41-16-19-8-5-4-6-9-19)37-39(29(38)40)21-14-20-12-13-36-28(43-27-22(31)10-7-11-23(27)32)26(20)24(15-21)42-18(2)30(33,34)35/h4-15,18H,3,16-17H2,1-2H3/t18-/m0/s1. The Morgan fingerprint density at radius 3 is 2.49 bits per heavy atom. The molecule has 0 amide bonds. The predicted octanol–water partition coefficient (Wildman–Crippen LogP) is 7.23. The number of ether oxygens (including phenoxy) is 3. The molecule has 0 radical (unpaired) electrons. The van der Waals surface area contributed by atoms with Gasteiger partial charge in [-0.05, 0) is 49.1 Å². The smallest absolute Gasteiger partial charge is 0.425 e. The van der Waals surface area contributed by atoms with Crippen LogP contribution in [0.1, 0.15) is 25.2 Å². The monoisotopic (exact) mass is 616 g/mol. The topological polar surface area (TPSA) is 80.4 Å². The number of fused-ring (bicyclic) bond motifs is 1. The molecule has 2 aromatic heterocycles. The average molecular weight is 617 g/mol. The van der Waals surface area contributed by atoms with E-state index >= 15 is 0 Å². The fraction of sp³-hybridized carbons (Fsp3) is 0.233. The molecule has 8 nitrogen and oxygen atoms in total. The van der Waals surface area contributed by atoms with Gasteiger partial charge in [0, 0.05) is 18.8 Å². The lowest BCUT2D eigenvalue weighted by Crippen LogP contribution is -2.31. The van der Waals surface area contributed by atoms with E-state index < -0.39 is 23.8 Å². The number of alkyl halides is 3. The Morgan fingerprint density at radius 2 is 1.79 bits per heavy atom. The zero-order valence-electron chi connectivity index (χ0n) is 22.9. The fourth-order valence-electron chi connectivity index (χ4n) is 4.32. The van der Waals surface area contributed by atoms with Crippen molar-refractivity contribution in [2.24, 2.45) is 0 Å². The van der Waals surface area contributed by atoms with Crippen molar-refractivity contribution < 1.29 is 31.8 Å². The third kappa shape index (κ3) is 6.50. The number of pyridine rings is 1. The van der Waals surface area contributed by atoms with Crippen LogP contribution in [0.25, 0.3) is 16.5 Å². The second-order valence-electron chi connectivity index (χ2n) is 9.45. The highest BCUT2D eigenvalue weighted by Gasteiger charge is 2.38. The Balaban J connectivity index is 1.58. The molecule has 3 aromatic carbocycles. The summed E-state index contributed by atoms with van der Waals surface area (Å²) in [5.74, 6) is -1.40. The molecule has 1 atom stereocenters. The lowest BCUT2D eigenvalue weighted by molar-refractivity contribution is -0.189. The molecule has 0 aliphatic rings. The number of benzene rings is 3. The maximum atomic E-state index is 14.5. The molecule has 5 aromatic rings. The average Bonchev–Trinajstić information content (AvgIpc) is 3.29. The molecule has 0 unspecified atom stereocenters. The minimum atomic E-state index is -4.72. The van der Waals surface area contributed by atoms with Crippen molar-refractivity contribution in [2.45, 2.75) is 45.9 Å². The van der Waals surface area contributed by atoms with E-state index in [9.17, 15) is 22.4 Å². The minimum Gasteiger partial charge on any atom is -0.480 e. The van der Waals surface area contributed by atoms with Gasteiger partial charge in [-0.1, -0.05) is 48.0 Å². The van der Waals surface area contributed by atoms with Crippen LogP contribution in [-0.4, -0.2) is 31.6 Å². The first-order chi connectivity index (χ1) is 20.6. The molecule has 13 heteroatoms. The fourth-order valence-corrected chi connectivity index (χ4v) is 4.52. The number of para-hydroxylation sites is 1. The first-order valence-corrected chi connectivity index (χ1v) is 13.5. The summed E-state index contributed by atoms with van der Waals surface area (Å²) in [5.41, 5.74) is 0.531. The van der Waals surface area contributed by atoms with Gasteiger partial charge in [-0.2, -0.15) is 17.9 Å². The summed E-state index contributed by atoms with van der Waals surface area (Å²) < 4.78 is 74.6. The molecule has 0 saturated carbocycles. The van der Waals surface area contributed by atoms with Crippen molar-refractivity contribution in [3.05, 3.63) is 106 Å². The Bertz CT molecular complexity index is 1790. The summed E-state index contributed by atoms with van der Waals surface area (Å²) in [6.07, 6.45) is -5.64. The van der Waals surface area contributed by atoms with Crippen molar-refractivity contribution in [3.63, 3.8) is 0 Å². The summed E-state index contributed by atoms with van der Waals surface area (Å²) in [7, 11) is 0. The number of halogens is 5. The Hall–Kier alpha value is -4.42. The second-order valence-corrected chi connectivity index (χ2v) is 9.85. The van der Waals surface area contributed by atoms with Crippen LogP contribution < -0.4 is 15.2 Å². The van der Waals surface area contributed by atoms with E-state index in [4.69, 9.17) is 25.8 Å². The first-order valence-electron chi connectivity index (χ1n) is 13.2. The predicted molar refractivity (Wildman–Crippen MR) is 151 cm³/mol. The van der Waals surface area contributed by atoms with Crippen LogP contribution in [0.15, 0.2) is 77.7 Å². The van der Waals surface area contributed by atoms with Crippen molar-refractivity contribution in [3.8, 4) is 23.1 Å². The summed E-state index contributed by atoms with van der Waals surface area (Å²) >= 11 is 6.11. The lowest BCUT2D eigenvalue weighted by Gasteiger charge is -2.20. The van der Waals surface area contributed by atoms with Gasteiger partial charge in [-0.15, -0.1) is 5.10 Å². The van der Waals surface area contributed by atoms with Gasteiger partial charge in [0.1, 0.15) is 12.4 Å². The van der Waals surface area contributed by atoms with E-state index in [1.54, 1.807) is 6.92 Å². The van der Waals surface area contributed by atoms with Crippen LogP contribution in [0.3, 0.4) is 0 Å². The highest BCUT2D eigenvalue weighted by atomic mass is 35.5. The second kappa shape index (κ2) is 12.4. The molecular weight excluding hydrogens is 592 g/mol. The zero-order chi connectivity index (χ0) is 30.7. The Morgan fingerprint density at radius 1 is 1.02 bits per heavy atom. The molecule has 0 saturated heterocycles. The van der Waals surface area contributed by atoms with Gasteiger partial charge in [-0.25, -0.2) is 14.2 Å². The molecule has 0 aliphatic carbocycles. The lowest BCUT2D eigenvalue weighted by atomic mass is 10.1. The summed E-state index contributed by atoms with van der Waals surface area (Å²) in [6, 6.07) is 17.6. The Labute approximate surface area is 248 Å². The molecule has 224 valence electrons. The summed E-state index contributed by atoms with van der Waals surface area (Å²) in [6.45, 7) is 3.17. The van der Waals surface area contributed by atoms with E-state index in [-0.39, 0.29) is 53.2 Å². The van der Waals surface area contributed by atoms with E-state index in [0.29, 0.717) is 11.2 Å². The quantitative estimate of drug-likeness (QED) is 0.154. The van der Waals surface area contributed by atoms with Gasteiger partial charge in [0.2, 0.25) is 5.88 Å². The van der Waals surface area contributed by atoms with Crippen LogP contribution in [0.5, 0.6) is 17.4 Å². The van der Waals surface area contributed by atoms with E-state index in [1.807, 2.05) is 30.3 Å². The summed E-state index contributed by atoms with van der Waals surface area (Å²) in [5, 5.41) is 4.65. The van der Waals surface area contributed by atoms with Crippen LogP contribution in [0, 0.1) is 5.82 Å². The highest BCUT2D eigenvalue weighted by Crippen LogP contribution is 2.40.